The van der Waals surface area contributed by atoms with Gasteiger partial charge >= 0.3 is 5.97 Å². The topological polar surface area (TPSA) is 110 Å². The smallest absolute Gasteiger partial charge is 0.355 e. The second-order valence-corrected chi connectivity index (χ2v) is 7.35. The minimum atomic E-state index is -1.11. The number of benzene rings is 1. The van der Waals surface area contributed by atoms with Crippen LogP contribution in [0.25, 0.3) is 16.6 Å². The quantitative estimate of drug-likeness (QED) is 0.488. The largest absolute Gasteiger partial charge is 0.476 e. The van der Waals surface area contributed by atoms with Gasteiger partial charge in [0.25, 0.3) is 5.91 Å². The van der Waals surface area contributed by atoms with Gasteiger partial charge < -0.3 is 10.4 Å². The summed E-state index contributed by atoms with van der Waals surface area (Å²) >= 11 is 1.18. The van der Waals surface area contributed by atoms with Gasteiger partial charge in [-0.2, -0.15) is 5.10 Å². The lowest BCUT2D eigenvalue weighted by Crippen LogP contribution is -2.28. The predicted molar refractivity (Wildman–Crippen MR) is 108 cm³/mol. The maximum absolute atomic E-state index is 13.2. The Morgan fingerprint density at radius 1 is 1.23 bits per heavy atom. The third-order valence-electron chi connectivity index (χ3n) is 4.57. The first-order valence-electron chi connectivity index (χ1n) is 9.05. The number of rotatable bonds is 6. The number of carboxylic acid groups (broad SMARTS) is 1. The van der Waals surface area contributed by atoms with E-state index < -0.39 is 12.0 Å². The molecule has 8 nitrogen and oxygen atoms in total. The molecule has 1 amide bonds. The fourth-order valence-electron chi connectivity index (χ4n) is 3.03. The number of halogens is 1. The highest BCUT2D eigenvalue weighted by Gasteiger charge is 2.21. The van der Waals surface area contributed by atoms with Crippen LogP contribution >= 0.6 is 11.3 Å². The summed E-state index contributed by atoms with van der Waals surface area (Å²) < 4.78 is 14.8. The Labute approximate surface area is 174 Å². The molecule has 0 bridgehead atoms. The number of carbonyl (C=O) groups excluding carboxylic acids is 1. The molecule has 1 atom stereocenters. The van der Waals surface area contributed by atoms with Crippen molar-refractivity contribution in [3.8, 4) is 5.69 Å². The summed E-state index contributed by atoms with van der Waals surface area (Å²) in [4.78, 5) is 32.3. The van der Waals surface area contributed by atoms with Crippen molar-refractivity contribution in [3.63, 3.8) is 0 Å². The molecule has 0 spiro atoms. The summed E-state index contributed by atoms with van der Waals surface area (Å²) in [7, 11) is 0. The second kappa shape index (κ2) is 7.99. The van der Waals surface area contributed by atoms with Crippen molar-refractivity contribution >= 4 is 34.1 Å². The van der Waals surface area contributed by atoms with E-state index in [0.29, 0.717) is 33.6 Å². The molecule has 4 rings (SSSR count). The van der Waals surface area contributed by atoms with Gasteiger partial charge in [-0.15, -0.1) is 11.3 Å². The third kappa shape index (κ3) is 3.64. The number of nitrogens with one attached hydrogen (secondary N) is 1. The number of hydrogen-bond acceptors (Lipinski definition) is 6. The number of fused-ring (bicyclic) bond motifs is 1. The Morgan fingerprint density at radius 2 is 2.00 bits per heavy atom. The zero-order valence-corrected chi connectivity index (χ0v) is 16.6. The van der Waals surface area contributed by atoms with E-state index in [-0.39, 0.29) is 17.4 Å². The van der Waals surface area contributed by atoms with Crippen molar-refractivity contribution in [1.82, 2.24) is 25.1 Å². The maximum Gasteiger partial charge on any atom is 0.355 e. The molecule has 30 heavy (non-hydrogen) atoms. The molecule has 1 unspecified atom stereocenters. The van der Waals surface area contributed by atoms with Crippen LogP contribution in [0, 0.1) is 5.82 Å². The van der Waals surface area contributed by atoms with Gasteiger partial charge in [0.1, 0.15) is 10.8 Å². The molecule has 0 radical (unpaired) electrons. The summed E-state index contributed by atoms with van der Waals surface area (Å²) in [5.74, 6) is -1.83. The molecule has 2 N–H and O–H groups in total. The molecule has 0 aliphatic carbocycles. The molecule has 1 aromatic carbocycles. The monoisotopic (exact) mass is 425 g/mol. The first kappa shape index (κ1) is 19.6. The third-order valence-corrected chi connectivity index (χ3v) is 5.52. The molecule has 0 saturated carbocycles. The Bertz CT molecular complexity index is 1230. The molecular weight excluding hydrogens is 409 g/mol. The highest BCUT2D eigenvalue weighted by molar-refractivity contribution is 7.09. The zero-order valence-electron chi connectivity index (χ0n) is 15.7. The van der Waals surface area contributed by atoms with Gasteiger partial charge in [-0.25, -0.2) is 18.9 Å². The number of hydrogen-bond donors (Lipinski definition) is 2. The Hall–Kier alpha value is -3.66. The first-order valence-corrected chi connectivity index (χ1v) is 9.93. The number of aromatic carboxylic acids is 1. The van der Waals surface area contributed by atoms with Gasteiger partial charge in [0.15, 0.2) is 5.69 Å². The first-order chi connectivity index (χ1) is 14.5. The molecule has 10 heteroatoms. The molecule has 3 aromatic heterocycles. The summed E-state index contributed by atoms with van der Waals surface area (Å²) in [5.41, 5.74) is 1.52. The number of nitrogens with zero attached hydrogens (tertiary/aromatic N) is 4. The highest BCUT2D eigenvalue weighted by Crippen LogP contribution is 2.24. The molecule has 0 aliphatic heterocycles. The van der Waals surface area contributed by atoms with Crippen LogP contribution in [0.4, 0.5) is 4.39 Å². The van der Waals surface area contributed by atoms with E-state index in [4.69, 9.17) is 5.11 Å². The lowest BCUT2D eigenvalue weighted by atomic mass is 10.1. The van der Waals surface area contributed by atoms with Crippen LogP contribution in [0.5, 0.6) is 0 Å². The summed E-state index contributed by atoms with van der Waals surface area (Å²) in [6.07, 6.45) is 5.13. The Balaban J connectivity index is 1.64. The molecule has 3 heterocycles. The van der Waals surface area contributed by atoms with Crippen LogP contribution in [0.1, 0.15) is 45.2 Å². The van der Waals surface area contributed by atoms with Crippen molar-refractivity contribution in [2.45, 2.75) is 19.4 Å². The number of thiazole rings is 1. The molecule has 0 saturated heterocycles. The van der Waals surface area contributed by atoms with E-state index in [1.54, 1.807) is 29.2 Å². The van der Waals surface area contributed by atoms with E-state index in [1.807, 2.05) is 6.92 Å². The molecule has 0 fully saturated rings. The SMILES string of the molecule is CCC(NC(=O)c1cncc2c1cnn2-c1ccc(F)cc1)c1nc(C(=O)O)cs1. The van der Waals surface area contributed by atoms with Gasteiger partial charge in [-0.05, 0) is 30.7 Å². The van der Waals surface area contributed by atoms with E-state index in [0.717, 1.165) is 0 Å². The fourth-order valence-corrected chi connectivity index (χ4v) is 3.96. The molecule has 0 aliphatic rings. The average molecular weight is 425 g/mol. The number of carboxylic acids is 1. The standard InChI is InChI=1S/C20H16FN5O3S/c1-2-15(19-25-16(10-30-19)20(28)29)24-18(27)14-7-22-9-17-13(14)8-23-26(17)12-5-3-11(21)4-6-12/h3-10,15H,2H2,1H3,(H,24,27)(H,28,29). The molecule has 4 aromatic rings. The minimum Gasteiger partial charge on any atom is -0.476 e. The van der Waals surface area contributed by atoms with Crippen molar-refractivity contribution in [3.05, 3.63) is 70.3 Å². The number of carbonyl (C=O) groups is 2. The van der Waals surface area contributed by atoms with E-state index in [9.17, 15) is 14.0 Å². The number of aromatic nitrogens is 4. The average Bonchev–Trinajstić information content (AvgIpc) is 3.40. The van der Waals surface area contributed by atoms with E-state index in [1.165, 1.54) is 35.0 Å². The maximum atomic E-state index is 13.2. The molecule has 152 valence electrons. The summed E-state index contributed by atoms with van der Waals surface area (Å²) in [6.45, 7) is 1.87. The normalized spacial score (nSPS) is 12.1. The van der Waals surface area contributed by atoms with Crippen LogP contribution in [0.3, 0.4) is 0 Å². The van der Waals surface area contributed by atoms with Crippen molar-refractivity contribution < 1.29 is 19.1 Å². The zero-order chi connectivity index (χ0) is 21.3. The van der Waals surface area contributed by atoms with Crippen LogP contribution < -0.4 is 5.32 Å². The minimum absolute atomic E-state index is 0.0490. The fraction of sp³-hybridized carbons (Fsp3) is 0.150. The molecular formula is C20H16FN5O3S. The van der Waals surface area contributed by atoms with Crippen LogP contribution in [-0.2, 0) is 0 Å². The summed E-state index contributed by atoms with van der Waals surface area (Å²) in [6, 6.07) is 5.41. The lowest BCUT2D eigenvalue weighted by molar-refractivity contribution is 0.0691. The van der Waals surface area contributed by atoms with Crippen molar-refractivity contribution in [2.24, 2.45) is 0 Å². The van der Waals surface area contributed by atoms with Crippen molar-refractivity contribution in [2.75, 3.05) is 0 Å². The predicted octanol–water partition coefficient (Wildman–Crippen LogP) is 3.60. The van der Waals surface area contributed by atoms with Crippen molar-refractivity contribution in [1.29, 1.82) is 0 Å². The van der Waals surface area contributed by atoms with Crippen LogP contribution in [0.15, 0.2) is 48.2 Å². The number of pyridine rings is 1. The Morgan fingerprint density at radius 3 is 2.67 bits per heavy atom. The van der Waals surface area contributed by atoms with Gasteiger partial charge in [0.05, 0.1) is 35.2 Å². The van der Waals surface area contributed by atoms with Gasteiger partial charge in [0.2, 0.25) is 0 Å². The van der Waals surface area contributed by atoms with Gasteiger partial charge in [-0.1, -0.05) is 6.92 Å². The Kier molecular flexibility index (Phi) is 5.23. The van der Waals surface area contributed by atoms with Crippen LogP contribution in [0.2, 0.25) is 0 Å². The van der Waals surface area contributed by atoms with Crippen LogP contribution in [-0.4, -0.2) is 36.7 Å². The lowest BCUT2D eigenvalue weighted by Gasteiger charge is -2.14. The number of amides is 1. The summed E-state index contributed by atoms with van der Waals surface area (Å²) in [5, 5.41) is 18.8. The van der Waals surface area contributed by atoms with Gasteiger partial charge in [0, 0.05) is 17.0 Å². The highest BCUT2D eigenvalue weighted by atomic mass is 32.1. The second-order valence-electron chi connectivity index (χ2n) is 6.46. The van der Waals surface area contributed by atoms with E-state index in [2.05, 4.69) is 20.4 Å². The van der Waals surface area contributed by atoms with Gasteiger partial charge in [-0.3, -0.25) is 9.78 Å². The van der Waals surface area contributed by atoms with E-state index >= 15 is 0 Å².